The monoisotopic (exact) mass is 447 g/mol. The van der Waals surface area contributed by atoms with E-state index in [1.807, 2.05) is 43.3 Å². The molecule has 3 rings (SSSR count). The molecule has 7 heteroatoms. The predicted molar refractivity (Wildman–Crippen MR) is 110 cm³/mol. The highest BCUT2D eigenvalue weighted by molar-refractivity contribution is 9.10. The highest BCUT2D eigenvalue weighted by Gasteiger charge is 2.35. The van der Waals surface area contributed by atoms with E-state index in [4.69, 9.17) is 9.47 Å². The SMILES string of the molecule is CCOc1c(/C=C2/SC(=O)N(Cc3ccccc3Br)C2=O)cccc1OC. The van der Waals surface area contributed by atoms with Gasteiger partial charge in [-0.3, -0.25) is 14.5 Å². The summed E-state index contributed by atoms with van der Waals surface area (Å²) in [5, 5.41) is -0.289. The molecule has 0 spiro atoms. The standard InChI is InChI=1S/C20H18BrNO4S/c1-3-26-18-13(8-6-10-16(18)25-2)11-17-19(23)22(20(24)27-17)12-14-7-4-5-9-15(14)21/h4-11H,3,12H2,1-2H3/b17-11+. The number of carbonyl (C=O) groups is 2. The van der Waals surface area contributed by atoms with Crippen molar-refractivity contribution in [3.63, 3.8) is 0 Å². The smallest absolute Gasteiger partial charge is 0.293 e. The normalized spacial score (nSPS) is 15.5. The summed E-state index contributed by atoms with van der Waals surface area (Å²) in [7, 11) is 1.56. The molecule has 0 radical (unpaired) electrons. The third kappa shape index (κ3) is 4.20. The fourth-order valence-electron chi connectivity index (χ4n) is 2.68. The first-order chi connectivity index (χ1) is 13.0. The molecule has 1 aliphatic rings. The number of rotatable bonds is 6. The molecule has 1 heterocycles. The summed E-state index contributed by atoms with van der Waals surface area (Å²) in [6.07, 6.45) is 1.68. The van der Waals surface area contributed by atoms with Crippen LogP contribution in [0.25, 0.3) is 6.08 Å². The third-order valence-corrected chi connectivity index (χ3v) is 5.65. The van der Waals surface area contributed by atoms with E-state index in [0.717, 1.165) is 21.8 Å². The zero-order valence-corrected chi connectivity index (χ0v) is 17.3. The Morgan fingerprint density at radius 3 is 2.63 bits per heavy atom. The van der Waals surface area contributed by atoms with Gasteiger partial charge < -0.3 is 9.47 Å². The van der Waals surface area contributed by atoms with Crippen molar-refractivity contribution in [2.24, 2.45) is 0 Å². The number of amides is 2. The zero-order valence-electron chi connectivity index (χ0n) is 14.9. The van der Waals surface area contributed by atoms with Crippen LogP contribution in [0.2, 0.25) is 0 Å². The second kappa shape index (κ2) is 8.63. The molecule has 0 aromatic heterocycles. The summed E-state index contributed by atoms with van der Waals surface area (Å²) in [6, 6.07) is 13.0. The molecule has 0 unspecified atom stereocenters. The van der Waals surface area contributed by atoms with E-state index in [1.165, 1.54) is 4.90 Å². The first kappa shape index (κ1) is 19.5. The van der Waals surface area contributed by atoms with Crippen molar-refractivity contribution in [3.8, 4) is 11.5 Å². The van der Waals surface area contributed by atoms with Gasteiger partial charge in [-0.05, 0) is 42.5 Å². The van der Waals surface area contributed by atoms with E-state index < -0.39 is 0 Å². The Morgan fingerprint density at radius 2 is 1.93 bits per heavy atom. The lowest BCUT2D eigenvalue weighted by Gasteiger charge is -2.14. The predicted octanol–water partition coefficient (Wildman–Crippen LogP) is 5.09. The van der Waals surface area contributed by atoms with Gasteiger partial charge in [0.25, 0.3) is 11.1 Å². The molecule has 27 heavy (non-hydrogen) atoms. The molecule has 1 aliphatic heterocycles. The van der Waals surface area contributed by atoms with Gasteiger partial charge in [0.15, 0.2) is 11.5 Å². The molecule has 140 valence electrons. The number of hydrogen-bond acceptors (Lipinski definition) is 5. The molecule has 0 saturated carbocycles. The van der Waals surface area contributed by atoms with Crippen LogP contribution in [0.1, 0.15) is 18.1 Å². The molecular weight excluding hydrogens is 430 g/mol. The summed E-state index contributed by atoms with van der Waals surface area (Å²) in [6.45, 7) is 2.56. The summed E-state index contributed by atoms with van der Waals surface area (Å²) < 4.78 is 11.9. The summed E-state index contributed by atoms with van der Waals surface area (Å²) in [4.78, 5) is 26.8. The maximum absolute atomic E-state index is 12.8. The number of carbonyl (C=O) groups excluding carboxylic acids is 2. The van der Waals surface area contributed by atoms with Crippen LogP contribution in [0.3, 0.4) is 0 Å². The molecule has 2 amide bonds. The van der Waals surface area contributed by atoms with Crippen molar-refractivity contribution >= 4 is 44.9 Å². The lowest BCUT2D eigenvalue weighted by atomic mass is 10.1. The number of methoxy groups -OCH3 is 1. The highest BCUT2D eigenvalue weighted by Crippen LogP contribution is 2.38. The molecular formula is C20H18BrNO4S. The van der Waals surface area contributed by atoms with Crippen LogP contribution in [0.4, 0.5) is 4.79 Å². The lowest BCUT2D eigenvalue weighted by Crippen LogP contribution is -2.27. The van der Waals surface area contributed by atoms with Crippen LogP contribution >= 0.6 is 27.7 Å². The van der Waals surface area contributed by atoms with Crippen molar-refractivity contribution < 1.29 is 19.1 Å². The van der Waals surface area contributed by atoms with Gasteiger partial charge in [-0.15, -0.1) is 0 Å². The Morgan fingerprint density at radius 1 is 1.15 bits per heavy atom. The minimum atomic E-state index is -0.314. The Bertz CT molecular complexity index is 913. The molecule has 0 aliphatic carbocycles. The summed E-state index contributed by atoms with van der Waals surface area (Å²) in [5.41, 5.74) is 1.57. The van der Waals surface area contributed by atoms with E-state index in [2.05, 4.69) is 15.9 Å². The quantitative estimate of drug-likeness (QED) is 0.576. The Hall–Kier alpha value is -2.25. The highest BCUT2D eigenvalue weighted by atomic mass is 79.9. The van der Waals surface area contributed by atoms with Crippen molar-refractivity contribution in [2.45, 2.75) is 13.5 Å². The number of thioether (sulfide) groups is 1. The van der Waals surface area contributed by atoms with Crippen molar-refractivity contribution in [2.75, 3.05) is 13.7 Å². The van der Waals surface area contributed by atoms with Gasteiger partial charge in [-0.2, -0.15) is 0 Å². The van der Waals surface area contributed by atoms with Gasteiger partial charge in [0.05, 0.1) is 25.2 Å². The molecule has 0 bridgehead atoms. The van der Waals surface area contributed by atoms with Crippen molar-refractivity contribution in [3.05, 3.63) is 63.0 Å². The number of benzene rings is 2. The van der Waals surface area contributed by atoms with Crippen LogP contribution in [-0.2, 0) is 11.3 Å². The van der Waals surface area contributed by atoms with Gasteiger partial charge in [0.1, 0.15) is 0 Å². The molecule has 0 N–H and O–H groups in total. The first-order valence-electron chi connectivity index (χ1n) is 8.33. The maximum atomic E-state index is 12.8. The number of para-hydroxylation sites is 1. The molecule has 5 nitrogen and oxygen atoms in total. The maximum Gasteiger partial charge on any atom is 0.293 e. The topological polar surface area (TPSA) is 55.8 Å². The number of nitrogens with zero attached hydrogens (tertiary/aromatic N) is 1. The molecule has 1 fully saturated rings. The third-order valence-electron chi connectivity index (χ3n) is 3.96. The molecule has 1 saturated heterocycles. The lowest BCUT2D eigenvalue weighted by molar-refractivity contribution is -0.123. The van der Waals surface area contributed by atoms with E-state index >= 15 is 0 Å². The Labute approximate surface area is 170 Å². The van der Waals surface area contributed by atoms with E-state index in [9.17, 15) is 9.59 Å². The van der Waals surface area contributed by atoms with Gasteiger partial charge in [-0.25, -0.2) is 0 Å². The van der Waals surface area contributed by atoms with Crippen molar-refractivity contribution in [1.82, 2.24) is 4.90 Å². The van der Waals surface area contributed by atoms with Gasteiger partial charge in [-0.1, -0.05) is 46.3 Å². The number of halogens is 1. The van der Waals surface area contributed by atoms with Crippen LogP contribution in [0.15, 0.2) is 51.8 Å². The largest absolute Gasteiger partial charge is 0.493 e. The van der Waals surface area contributed by atoms with Crippen LogP contribution in [0, 0.1) is 0 Å². The summed E-state index contributed by atoms with van der Waals surface area (Å²) in [5.74, 6) is 0.823. The molecule has 0 atom stereocenters. The fraction of sp³-hybridized carbons (Fsp3) is 0.200. The van der Waals surface area contributed by atoms with Gasteiger partial charge in [0, 0.05) is 10.0 Å². The summed E-state index contributed by atoms with van der Waals surface area (Å²) >= 11 is 4.38. The van der Waals surface area contributed by atoms with E-state index in [0.29, 0.717) is 28.6 Å². The van der Waals surface area contributed by atoms with Crippen LogP contribution in [0.5, 0.6) is 11.5 Å². The molecule has 2 aromatic carbocycles. The van der Waals surface area contributed by atoms with Gasteiger partial charge in [0.2, 0.25) is 0 Å². The Kier molecular flexibility index (Phi) is 6.23. The van der Waals surface area contributed by atoms with Crippen molar-refractivity contribution in [1.29, 1.82) is 0 Å². The molecule has 2 aromatic rings. The van der Waals surface area contributed by atoms with Crippen LogP contribution in [-0.4, -0.2) is 29.8 Å². The number of ether oxygens (including phenoxy) is 2. The minimum Gasteiger partial charge on any atom is -0.493 e. The van der Waals surface area contributed by atoms with E-state index in [-0.39, 0.29) is 17.7 Å². The second-order valence-electron chi connectivity index (χ2n) is 5.67. The Balaban J connectivity index is 1.90. The second-order valence-corrected chi connectivity index (χ2v) is 7.52. The number of hydrogen-bond donors (Lipinski definition) is 0. The first-order valence-corrected chi connectivity index (χ1v) is 9.94. The fourth-order valence-corrected chi connectivity index (χ4v) is 3.92. The minimum absolute atomic E-state index is 0.222. The average molecular weight is 448 g/mol. The van der Waals surface area contributed by atoms with E-state index in [1.54, 1.807) is 19.3 Å². The average Bonchev–Trinajstić information content (AvgIpc) is 2.92. The van der Waals surface area contributed by atoms with Gasteiger partial charge >= 0.3 is 0 Å². The van der Waals surface area contributed by atoms with Crippen LogP contribution < -0.4 is 9.47 Å². The number of imide groups is 1. The zero-order chi connectivity index (χ0) is 19.4.